The smallest absolute Gasteiger partial charge is 0.356 e. The van der Waals surface area contributed by atoms with Crippen LogP contribution < -0.4 is 5.56 Å². The molecular weight excluding hydrogens is 250 g/mol. The van der Waals surface area contributed by atoms with Crippen LogP contribution in [0.5, 0.6) is 0 Å². The van der Waals surface area contributed by atoms with Crippen molar-refractivity contribution in [1.29, 1.82) is 0 Å². The van der Waals surface area contributed by atoms with Crippen molar-refractivity contribution in [2.45, 2.75) is 25.8 Å². The van der Waals surface area contributed by atoms with Gasteiger partial charge in [0.05, 0.1) is 6.04 Å². The molecule has 7 nitrogen and oxygen atoms in total. The van der Waals surface area contributed by atoms with E-state index in [-0.39, 0.29) is 23.2 Å². The van der Waals surface area contributed by atoms with Gasteiger partial charge in [-0.1, -0.05) is 0 Å². The van der Waals surface area contributed by atoms with Crippen molar-refractivity contribution in [1.82, 2.24) is 14.7 Å². The molecule has 0 saturated carbocycles. The lowest BCUT2D eigenvalue weighted by molar-refractivity contribution is -0.130. The van der Waals surface area contributed by atoms with Gasteiger partial charge in [-0.05, 0) is 18.9 Å². The molecule has 1 saturated heterocycles. The molecule has 2 rings (SSSR count). The Balaban J connectivity index is 2.19. The molecule has 1 aliphatic heterocycles. The third kappa shape index (κ3) is 2.81. The first kappa shape index (κ1) is 13.3. The first-order valence-corrected chi connectivity index (χ1v) is 6.07. The Morgan fingerprint density at radius 2 is 1.95 bits per heavy atom. The summed E-state index contributed by atoms with van der Waals surface area (Å²) in [4.78, 5) is 35.5. The van der Waals surface area contributed by atoms with Gasteiger partial charge in [0, 0.05) is 26.1 Å². The fourth-order valence-electron chi connectivity index (χ4n) is 2.23. The molecule has 0 unspecified atom stereocenters. The molecule has 7 heteroatoms. The summed E-state index contributed by atoms with van der Waals surface area (Å²) >= 11 is 0. The van der Waals surface area contributed by atoms with E-state index in [2.05, 4.69) is 5.10 Å². The number of amides is 1. The lowest BCUT2D eigenvalue weighted by Crippen LogP contribution is -2.40. The molecule has 1 aromatic rings. The number of hydrogen-bond donors (Lipinski definition) is 1. The van der Waals surface area contributed by atoms with E-state index in [4.69, 9.17) is 5.11 Å². The van der Waals surface area contributed by atoms with Crippen molar-refractivity contribution in [2.24, 2.45) is 0 Å². The molecule has 0 spiro atoms. The van der Waals surface area contributed by atoms with Crippen LogP contribution in [-0.4, -0.2) is 44.8 Å². The third-order valence-corrected chi connectivity index (χ3v) is 3.30. The van der Waals surface area contributed by atoms with Gasteiger partial charge in [0.15, 0.2) is 5.69 Å². The van der Waals surface area contributed by atoms with E-state index in [0.29, 0.717) is 25.9 Å². The minimum absolute atomic E-state index is 0.0121. The van der Waals surface area contributed by atoms with Crippen molar-refractivity contribution in [2.75, 3.05) is 13.1 Å². The molecule has 1 fully saturated rings. The number of piperidine rings is 1. The van der Waals surface area contributed by atoms with E-state index >= 15 is 0 Å². The standard InChI is InChI=1S/C12H15N3O4/c1-8(16)14-6-4-9(5-7-14)15-11(17)3-2-10(13-15)12(18)19/h2-3,9H,4-7H2,1H3,(H,18,19). The Morgan fingerprint density at radius 1 is 1.32 bits per heavy atom. The van der Waals surface area contributed by atoms with Crippen LogP contribution in [-0.2, 0) is 4.79 Å². The average molecular weight is 265 g/mol. The number of carboxylic acid groups (broad SMARTS) is 1. The number of rotatable bonds is 2. The van der Waals surface area contributed by atoms with Crippen LogP contribution in [0.25, 0.3) is 0 Å². The largest absolute Gasteiger partial charge is 0.476 e. The Kier molecular flexibility index (Phi) is 3.64. The van der Waals surface area contributed by atoms with Crippen molar-refractivity contribution < 1.29 is 14.7 Å². The molecular formula is C12H15N3O4. The van der Waals surface area contributed by atoms with Gasteiger partial charge < -0.3 is 10.0 Å². The molecule has 0 radical (unpaired) electrons. The van der Waals surface area contributed by atoms with Crippen LogP contribution in [0.2, 0.25) is 0 Å². The van der Waals surface area contributed by atoms with Crippen molar-refractivity contribution >= 4 is 11.9 Å². The van der Waals surface area contributed by atoms with E-state index in [1.54, 1.807) is 4.90 Å². The molecule has 0 aliphatic carbocycles. The number of hydrogen-bond acceptors (Lipinski definition) is 4. The fourth-order valence-corrected chi connectivity index (χ4v) is 2.23. The maximum Gasteiger partial charge on any atom is 0.356 e. The zero-order chi connectivity index (χ0) is 14.0. The van der Waals surface area contributed by atoms with Crippen molar-refractivity contribution in [3.63, 3.8) is 0 Å². The van der Waals surface area contributed by atoms with Gasteiger partial charge in [-0.15, -0.1) is 0 Å². The third-order valence-electron chi connectivity index (χ3n) is 3.30. The number of aromatic nitrogens is 2. The van der Waals surface area contributed by atoms with E-state index in [1.807, 2.05) is 0 Å². The van der Waals surface area contributed by atoms with Crippen LogP contribution in [0, 0.1) is 0 Å². The summed E-state index contributed by atoms with van der Waals surface area (Å²) in [5.41, 5.74) is -0.458. The van der Waals surface area contributed by atoms with Gasteiger partial charge in [0.2, 0.25) is 5.91 Å². The fraction of sp³-hybridized carbons (Fsp3) is 0.500. The number of nitrogens with zero attached hydrogens (tertiary/aromatic N) is 3. The molecule has 1 aromatic heterocycles. The van der Waals surface area contributed by atoms with Gasteiger partial charge in [0.25, 0.3) is 5.56 Å². The highest BCUT2D eigenvalue weighted by Gasteiger charge is 2.23. The molecule has 102 valence electrons. The number of aromatic carboxylic acids is 1. The summed E-state index contributed by atoms with van der Waals surface area (Å²) in [6, 6.07) is 2.27. The van der Waals surface area contributed by atoms with Gasteiger partial charge in [-0.25, -0.2) is 9.48 Å². The molecule has 1 N–H and O–H groups in total. The molecule has 0 bridgehead atoms. The Hall–Kier alpha value is -2.18. The zero-order valence-corrected chi connectivity index (χ0v) is 10.6. The number of carbonyl (C=O) groups is 2. The highest BCUT2D eigenvalue weighted by molar-refractivity contribution is 5.84. The highest BCUT2D eigenvalue weighted by atomic mass is 16.4. The van der Waals surface area contributed by atoms with Crippen molar-refractivity contribution in [3.05, 3.63) is 28.2 Å². The van der Waals surface area contributed by atoms with Gasteiger partial charge >= 0.3 is 5.97 Å². The average Bonchev–Trinajstić information content (AvgIpc) is 2.39. The van der Waals surface area contributed by atoms with Gasteiger partial charge in [-0.2, -0.15) is 5.10 Å². The normalized spacial score (nSPS) is 16.4. The maximum absolute atomic E-state index is 11.7. The Labute approximate surface area is 109 Å². The second kappa shape index (κ2) is 5.21. The molecule has 0 aromatic carbocycles. The SMILES string of the molecule is CC(=O)N1CCC(n2nc(C(=O)O)ccc2=O)CC1. The monoisotopic (exact) mass is 265 g/mol. The molecule has 1 amide bonds. The highest BCUT2D eigenvalue weighted by Crippen LogP contribution is 2.20. The van der Waals surface area contributed by atoms with E-state index < -0.39 is 5.97 Å². The molecule has 2 heterocycles. The van der Waals surface area contributed by atoms with E-state index in [9.17, 15) is 14.4 Å². The number of carbonyl (C=O) groups excluding carboxylic acids is 1. The Morgan fingerprint density at radius 3 is 2.47 bits per heavy atom. The van der Waals surface area contributed by atoms with E-state index in [0.717, 1.165) is 0 Å². The van der Waals surface area contributed by atoms with Crippen LogP contribution in [0.15, 0.2) is 16.9 Å². The number of likely N-dealkylation sites (tertiary alicyclic amines) is 1. The first-order valence-electron chi connectivity index (χ1n) is 6.07. The zero-order valence-electron chi connectivity index (χ0n) is 10.6. The first-order chi connectivity index (χ1) is 8.99. The summed E-state index contributed by atoms with van der Waals surface area (Å²) in [6.07, 6.45) is 1.21. The maximum atomic E-state index is 11.7. The summed E-state index contributed by atoms with van der Waals surface area (Å²) in [6.45, 7) is 2.63. The lowest BCUT2D eigenvalue weighted by Gasteiger charge is -2.31. The predicted octanol–water partition coefficient (Wildman–Crippen LogP) is 0.125. The predicted molar refractivity (Wildman–Crippen MR) is 66.0 cm³/mol. The Bertz CT molecular complexity index is 558. The van der Waals surface area contributed by atoms with Crippen LogP contribution in [0.4, 0.5) is 0 Å². The van der Waals surface area contributed by atoms with Crippen LogP contribution >= 0.6 is 0 Å². The quantitative estimate of drug-likeness (QED) is 0.820. The summed E-state index contributed by atoms with van der Waals surface area (Å²) in [5, 5.41) is 12.7. The van der Waals surface area contributed by atoms with Crippen LogP contribution in [0.3, 0.4) is 0 Å². The van der Waals surface area contributed by atoms with Crippen molar-refractivity contribution in [3.8, 4) is 0 Å². The lowest BCUT2D eigenvalue weighted by atomic mass is 10.1. The van der Waals surface area contributed by atoms with Gasteiger partial charge in [-0.3, -0.25) is 9.59 Å². The second-order valence-electron chi connectivity index (χ2n) is 4.54. The van der Waals surface area contributed by atoms with Gasteiger partial charge in [0.1, 0.15) is 0 Å². The van der Waals surface area contributed by atoms with E-state index in [1.165, 1.54) is 23.7 Å². The topological polar surface area (TPSA) is 92.5 Å². The summed E-state index contributed by atoms with van der Waals surface area (Å²) in [5.74, 6) is -1.15. The molecule has 19 heavy (non-hydrogen) atoms. The minimum atomic E-state index is -1.16. The summed E-state index contributed by atoms with van der Waals surface area (Å²) in [7, 11) is 0. The molecule has 1 aliphatic rings. The number of carboxylic acids is 1. The molecule has 0 atom stereocenters. The minimum Gasteiger partial charge on any atom is -0.476 e. The second-order valence-corrected chi connectivity index (χ2v) is 4.54. The summed E-state index contributed by atoms with van der Waals surface area (Å²) < 4.78 is 1.22. The van der Waals surface area contributed by atoms with Crippen LogP contribution in [0.1, 0.15) is 36.3 Å².